The lowest BCUT2D eigenvalue weighted by molar-refractivity contribution is 0.104. The van der Waals surface area contributed by atoms with E-state index in [0.717, 1.165) is 18.4 Å². The molecule has 24 heavy (non-hydrogen) atoms. The molecular formula is C18H18N2O3S. The van der Waals surface area contributed by atoms with Crippen molar-refractivity contribution in [1.29, 1.82) is 0 Å². The van der Waals surface area contributed by atoms with E-state index in [1.54, 1.807) is 36.7 Å². The fraction of sp³-hybridized carbons (Fsp3) is 0.222. The van der Waals surface area contributed by atoms with Gasteiger partial charge in [0.1, 0.15) is 0 Å². The molecule has 2 heterocycles. The van der Waals surface area contributed by atoms with Gasteiger partial charge >= 0.3 is 0 Å². The van der Waals surface area contributed by atoms with Crippen LogP contribution >= 0.6 is 0 Å². The lowest BCUT2D eigenvalue weighted by Crippen LogP contribution is -2.27. The van der Waals surface area contributed by atoms with Gasteiger partial charge in [0.2, 0.25) is 10.0 Å². The number of hydrogen-bond acceptors (Lipinski definition) is 4. The molecule has 1 fully saturated rings. The predicted molar refractivity (Wildman–Crippen MR) is 92.0 cm³/mol. The van der Waals surface area contributed by atoms with Crippen molar-refractivity contribution in [3.05, 3.63) is 66.0 Å². The Hall–Kier alpha value is -2.31. The number of carbonyl (C=O) groups is 1. The van der Waals surface area contributed by atoms with Crippen molar-refractivity contribution < 1.29 is 13.2 Å². The van der Waals surface area contributed by atoms with Crippen LogP contribution in [0.1, 0.15) is 28.8 Å². The van der Waals surface area contributed by atoms with E-state index in [-0.39, 0.29) is 10.7 Å². The zero-order valence-electron chi connectivity index (χ0n) is 13.1. The fourth-order valence-electron chi connectivity index (χ4n) is 2.61. The van der Waals surface area contributed by atoms with E-state index in [9.17, 15) is 13.2 Å². The molecule has 1 aromatic carbocycles. The maximum atomic E-state index is 12.4. The highest BCUT2D eigenvalue weighted by molar-refractivity contribution is 7.89. The molecule has 1 saturated heterocycles. The maximum Gasteiger partial charge on any atom is 0.243 e. The van der Waals surface area contributed by atoms with Gasteiger partial charge in [-0.2, -0.15) is 4.31 Å². The molecule has 0 saturated carbocycles. The molecule has 2 aromatic rings. The average Bonchev–Trinajstić information content (AvgIpc) is 3.16. The van der Waals surface area contributed by atoms with E-state index in [0.29, 0.717) is 18.7 Å². The summed E-state index contributed by atoms with van der Waals surface area (Å²) in [6.45, 7) is 1.13. The summed E-state index contributed by atoms with van der Waals surface area (Å²) in [5, 5.41) is 0. The minimum absolute atomic E-state index is 0.177. The number of pyridine rings is 1. The molecule has 5 nitrogen and oxygen atoms in total. The minimum Gasteiger partial charge on any atom is -0.289 e. The predicted octanol–water partition coefficient (Wildman–Crippen LogP) is 2.76. The first-order chi connectivity index (χ1) is 11.6. The topological polar surface area (TPSA) is 67.3 Å². The van der Waals surface area contributed by atoms with Crippen LogP contribution in [0.15, 0.2) is 59.8 Å². The van der Waals surface area contributed by atoms with Gasteiger partial charge < -0.3 is 0 Å². The van der Waals surface area contributed by atoms with Crippen molar-refractivity contribution in [2.45, 2.75) is 17.7 Å². The van der Waals surface area contributed by atoms with Crippen LogP contribution in [0.3, 0.4) is 0 Å². The number of sulfonamides is 1. The molecule has 1 aliphatic rings. The molecule has 124 valence electrons. The number of carbonyl (C=O) groups excluding carboxylic acids is 1. The van der Waals surface area contributed by atoms with Crippen molar-refractivity contribution in [2.24, 2.45) is 0 Å². The highest BCUT2D eigenvalue weighted by Gasteiger charge is 2.26. The number of benzene rings is 1. The zero-order chi connectivity index (χ0) is 17.0. The first kappa shape index (κ1) is 16.5. The second-order valence-electron chi connectivity index (χ2n) is 5.62. The minimum atomic E-state index is -3.44. The summed E-state index contributed by atoms with van der Waals surface area (Å²) in [6, 6.07) is 9.75. The Morgan fingerprint density at radius 3 is 2.42 bits per heavy atom. The molecule has 0 atom stereocenters. The largest absolute Gasteiger partial charge is 0.289 e. The van der Waals surface area contributed by atoms with Crippen molar-refractivity contribution in [2.75, 3.05) is 13.1 Å². The number of allylic oxidation sites excluding steroid dienone is 1. The van der Waals surface area contributed by atoms with Crippen LogP contribution in [0.2, 0.25) is 0 Å². The second kappa shape index (κ2) is 7.07. The average molecular weight is 342 g/mol. The number of aromatic nitrogens is 1. The van der Waals surface area contributed by atoms with Crippen molar-refractivity contribution in [3.8, 4) is 0 Å². The third-order valence-electron chi connectivity index (χ3n) is 3.95. The number of rotatable bonds is 5. The van der Waals surface area contributed by atoms with Gasteiger partial charge in [0.05, 0.1) is 4.90 Å². The van der Waals surface area contributed by atoms with E-state index >= 15 is 0 Å². The molecule has 0 radical (unpaired) electrons. The number of nitrogens with zero attached hydrogens (tertiary/aromatic N) is 2. The van der Waals surface area contributed by atoms with Crippen molar-refractivity contribution in [3.63, 3.8) is 0 Å². The van der Waals surface area contributed by atoms with Gasteiger partial charge in [-0.25, -0.2) is 8.42 Å². The third kappa shape index (κ3) is 3.60. The molecule has 1 aliphatic heterocycles. The first-order valence-electron chi connectivity index (χ1n) is 7.80. The fourth-order valence-corrected chi connectivity index (χ4v) is 4.13. The SMILES string of the molecule is O=C(/C=C/c1cccnc1)c1ccc(S(=O)(=O)N2CCCC2)cc1. The van der Waals surface area contributed by atoms with Crippen LogP contribution < -0.4 is 0 Å². The van der Waals surface area contributed by atoms with E-state index in [1.807, 2.05) is 6.07 Å². The Kier molecular flexibility index (Phi) is 4.87. The molecule has 0 aliphatic carbocycles. The second-order valence-corrected chi connectivity index (χ2v) is 7.56. The summed E-state index contributed by atoms with van der Waals surface area (Å²) in [6.07, 6.45) is 8.27. The van der Waals surface area contributed by atoms with Crippen LogP contribution in [-0.2, 0) is 10.0 Å². The van der Waals surface area contributed by atoms with Crippen molar-refractivity contribution in [1.82, 2.24) is 9.29 Å². The molecular weight excluding hydrogens is 324 g/mol. The van der Waals surface area contributed by atoms with E-state index in [1.165, 1.54) is 22.5 Å². The lowest BCUT2D eigenvalue weighted by atomic mass is 10.1. The number of ketones is 1. The van der Waals surface area contributed by atoms with Crippen LogP contribution in [0, 0.1) is 0 Å². The Bertz CT molecular complexity index is 838. The molecule has 0 bridgehead atoms. The molecule has 0 spiro atoms. The van der Waals surface area contributed by atoms with Crippen LogP contribution in [0.25, 0.3) is 6.08 Å². The Morgan fingerprint density at radius 2 is 1.79 bits per heavy atom. The number of hydrogen-bond donors (Lipinski definition) is 0. The van der Waals surface area contributed by atoms with Gasteiger partial charge in [-0.15, -0.1) is 0 Å². The summed E-state index contributed by atoms with van der Waals surface area (Å²) in [5.74, 6) is -0.177. The lowest BCUT2D eigenvalue weighted by Gasteiger charge is -2.15. The van der Waals surface area contributed by atoms with E-state index < -0.39 is 10.0 Å². The summed E-state index contributed by atoms with van der Waals surface area (Å²) in [7, 11) is -3.44. The van der Waals surface area contributed by atoms with E-state index in [4.69, 9.17) is 0 Å². The van der Waals surface area contributed by atoms with E-state index in [2.05, 4.69) is 4.98 Å². The van der Waals surface area contributed by atoms with Crippen LogP contribution in [0.4, 0.5) is 0 Å². The highest BCUT2D eigenvalue weighted by Crippen LogP contribution is 2.21. The normalized spacial score (nSPS) is 15.8. The molecule has 6 heteroatoms. The van der Waals surface area contributed by atoms with Gasteiger partial charge in [0, 0.05) is 31.0 Å². The zero-order valence-corrected chi connectivity index (χ0v) is 13.9. The van der Waals surface area contributed by atoms with Gasteiger partial charge in [0.15, 0.2) is 5.78 Å². The van der Waals surface area contributed by atoms with Gasteiger partial charge in [-0.05, 0) is 60.9 Å². The molecule has 0 amide bonds. The monoisotopic (exact) mass is 342 g/mol. The van der Waals surface area contributed by atoms with Crippen molar-refractivity contribution >= 4 is 21.9 Å². The van der Waals surface area contributed by atoms with Crippen LogP contribution in [0.5, 0.6) is 0 Å². The summed E-state index contributed by atoms with van der Waals surface area (Å²) in [4.78, 5) is 16.4. The quantitative estimate of drug-likeness (QED) is 0.619. The standard InChI is InChI=1S/C18H18N2O3S/c21-18(10-5-15-4-3-11-19-14-15)16-6-8-17(9-7-16)24(22,23)20-12-1-2-13-20/h3-11,14H,1-2,12-13H2/b10-5+. The summed E-state index contributed by atoms with van der Waals surface area (Å²) in [5.41, 5.74) is 1.29. The summed E-state index contributed by atoms with van der Waals surface area (Å²) >= 11 is 0. The Labute approximate surface area is 141 Å². The molecule has 0 N–H and O–H groups in total. The van der Waals surface area contributed by atoms with Gasteiger partial charge in [0.25, 0.3) is 0 Å². The third-order valence-corrected chi connectivity index (χ3v) is 5.87. The summed E-state index contributed by atoms with van der Waals surface area (Å²) < 4.78 is 26.4. The molecule has 1 aromatic heterocycles. The van der Waals surface area contributed by atoms with Gasteiger partial charge in [-0.3, -0.25) is 9.78 Å². The van der Waals surface area contributed by atoms with Gasteiger partial charge in [-0.1, -0.05) is 6.07 Å². The molecule has 3 rings (SSSR count). The smallest absolute Gasteiger partial charge is 0.243 e. The van der Waals surface area contributed by atoms with Crippen LogP contribution in [-0.4, -0.2) is 36.6 Å². The molecule has 0 unspecified atom stereocenters. The Balaban J connectivity index is 1.74. The highest BCUT2D eigenvalue weighted by atomic mass is 32.2. The maximum absolute atomic E-state index is 12.4. The Morgan fingerprint density at radius 1 is 1.08 bits per heavy atom. The first-order valence-corrected chi connectivity index (χ1v) is 9.24.